The van der Waals surface area contributed by atoms with Crippen molar-refractivity contribution in [1.29, 1.82) is 0 Å². The summed E-state index contributed by atoms with van der Waals surface area (Å²) in [5.74, 6) is 0.723. The van der Waals surface area contributed by atoms with Gasteiger partial charge < -0.3 is 5.32 Å². The quantitative estimate of drug-likeness (QED) is 0.918. The van der Waals surface area contributed by atoms with Crippen LogP contribution in [-0.4, -0.2) is 31.1 Å². The maximum absolute atomic E-state index is 3.62. The predicted molar refractivity (Wildman–Crippen MR) is 88.4 cm³/mol. The summed E-state index contributed by atoms with van der Waals surface area (Å²) >= 11 is 1.88. The highest BCUT2D eigenvalue weighted by Crippen LogP contribution is 2.41. The zero-order valence-corrected chi connectivity index (χ0v) is 13.4. The van der Waals surface area contributed by atoms with Gasteiger partial charge in [0.25, 0.3) is 0 Å². The fourth-order valence-electron chi connectivity index (χ4n) is 3.35. The molecule has 20 heavy (non-hydrogen) atoms. The summed E-state index contributed by atoms with van der Waals surface area (Å²) in [4.78, 5) is 2.53. The van der Waals surface area contributed by atoms with Crippen LogP contribution in [0.1, 0.15) is 31.9 Å². The zero-order valence-electron chi connectivity index (χ0n) is 12.6. The van der Waals surface area contributed by atoms with E-state index in [4.69, 9.17) is 0 Å². The number of nitrogens with zero attached hydrogens (tertiary/aromatic N) is 1. The third kappa shape index (κ3) is 2.62. The van der Waals surface area contributed by atoms with E-state index >= 15 is 0 Å². The number of fused-ring (bicyclic) bond motifs is 1. The number of thiophene rings is 1. The van der Waals surface area contributed by atoms with Gasteiger partial charge in [-0.05, 0) is 48.3 Å². The summed E-state index contributed by atoms with van der Waals surface area (Å²) < 4.78 is 1.42. The zero-order chi connectivity index (χ0) is 14.1. The molecule has 0 saturated carbocycles. The van der Waals surface area contributed by atoms with Gasteiger partial charge in [0.2, 0.25) is 0 Å². The molecular formula is C17H24N2S. The molecule has 1 aliphatic heterocycles. The molecule has 1 aromatic heterocycles. The minimum atomic E-state index is 0.567. The molecule has 1 saturated heterocycles. The Morgan fingerprint density at radius 1 is 1.35 bits per heavy atom. The number of nitrogens with one attached hydrogen (secondary N) is 1. The molecule has 0 spiro atoms. The fourth-order valence-corrected chi connectivity index (χ4v) is 4.34. The smallest absolute Gasteiger partial charge is 0.0400 e. The van der Waals surface area contributed by atoms with Gasteiger partial charge in [0.15, 0.2) is 0 Å². The minimum absolute atomic E-state index is 0.567. The van der Waals surface area contributed by atoms with Crippen LogP contribution in [0.4, 0.5) is 0 Å². The molecule has 2 aromatic rings. The first-order valence-electron chi connectivity index (χ1n) is 7.56. The van der Waals surface area contributed by atoms with Crippen molar-refractivity contribution < 1.29 is 0 Å². The molecule has 0 aliphatic carbocycles. The van der Waals surface area contributed by atoms with Gasteiger partial charge in [-0.25, -0.2) is 0 Å². The molecule has 2 unspecified atom stereocenters. The molecule has 0 bridgehead atoms. The van der Waals surface area contributed by atoms with Gasteiger partial charge in [-0.3, -0.25) is 4.90 Å². The maximum atomic E-state index is 3.62. The first-order valence-corrected chi connectivity index (χ1v) is 8.44. The van der Waals surface area contributed by atoms with Crippen LogP contribution in [0.3, 0.4) is 0 Å². The highest BCUT2D eigenvalue weighted by molar-refractivity contribution is 7.17. The lowest BCUT2D eigenvalue weighted by molar-refractivity contribution is 0.271. The number of rotatable bonds is 4. The maximum Gasteiger partial charge on any atom is 0.0400 e. The van der Waals surface area contributed by atoms with Crippen LogP contribution in [0, 0.1) is 5.92 Å². The molecule has 2 heterocycles. The average Bonchev–Trinajstić information content (AvgIpc) is 3.00. The van der Waals surface area contributed by atoms with Gasteiger partial charge >= 0.3 is 0 Å². The van der Waals surface area contributed by atoms with E-state index in [2.05, 4.69) is 60.8 Å². The summed E-state index contributed by atoms with van der Waals surface area (Å²) in [6, 6.07) is 9.95. The van der Waals surface area contributed by atoms with Gasteiger partial charge in [-0.2, -0.15) is 0 Å². The van der Waals surface area contributed by atoms with Crippen LogP contribution in [0.2, 0.25) is 0 Å². The largest absolute Gasteiger partial charge is 0.314 e. The first kappa shape index (κ1) is 14.1. The van der Waals surface area contributed by atoms with Gasteiger partial charge in [0.1, 0.15) is 0 Å². The van der Waals surface area contributed by atoms with Crippen molar-refractivity contribution in [2.45, 2.75) is 32.4 Å². The Labute approximate surface area is 125 Å². The normalized spacial score (nSPS) is 24.0. The Bertz CT molecular complexity index is 575. The molecular weight excluding hydrogens is 264 g/mol. The number of likely N-dealkylation sites (tertiary alicyclic amines) is 1. The molecule has 0 radical (unpaired) electrons. The SMILES string of the molecule is CC(C)NCC1CCN(C)C1c1csc2ccccc12. The van der Waals surface area contributed by atoms with Crippen LogP contribution in [0.15, 0.2) is 29.6 Å². The van der Waals surface area contributed by atoms with E-state index < -0.39 is 0 Å². The van der Waals surface area contributed by atoms with Gasteiger partial charge in [-0.1, -0.05) is 32.0 Å². The average molecular weight is 288 g/mol. The molecule has 2 nitrogen and oxygen atoms in total. The van der Waals surface area contributed by atoms with E-state index in [1.165, 1.54) is 28.6 Å². The molecule has 0 amide bonds. The highest BCUT2D eigenvalue weighted by Gasteiger charge is 2.34. The molecule has 2 atom stereocenters. The Kier molecular flexibility index (Phi) is 4.11. The van der Waals surface area contributed by atoms with Crippen LogP contribution in [0.25, 0.3) is 10.1 Å². The number of benzene rings is 1. The summed E-state index contributed by atoms with van der Waals surface area (Å²) in [7, 11) is 2.27. The molecule has 3 heteroatoms. The van der Waals surface area contributed by atoms with Crippen molar-refractivity contribution in [3.8, 4) is 0 Å². The van der Waals surface area contributed by atoms with Gasteiger partial charge in [0.05, 0.1) is 0 Å². The van der Waals surface area contributed by atoms with E-state index in [1.807, 2.05) is 11.3 Å². The minimum Gasteiger partial charge on any atom is -0.314 e. The monoisotopic (exact) mass is 288 g/mol. The summed E-state index contributed by atoms with van der Waals surface area (Å²) in [5.41, 5.74) is 1.53. The number of hydrogen-bond donors (Lipinski definition) is 1. The van der Waals surface area contributed by atoms with Gasteiger partial charge in [-0.15, -0.1) is 11.3 Å². The Morgan fingerprint density at radius 2 is 2.15 bits per heavy atom. The van der Waals surface area contributed by atoms with E-state index in [0.717, 1.165) is 12.5 Å². The van der Waals surface area contributed by atoms with Crippen LogP contribution < -0.4 is 5.32 Å². The van der Waals surface area contributed by atoms with E-state index in [9.17, 15) is 0 Å². The Hall–Kier alpha value is -0.900. The summed E-state index contributed by atoms with van der Waals surface area (Å²) in [6.07, 6.45) is 1.30. The van der Waals surface area contributed by atoms with Gasteiger partial charge in [0, 0.05) is 23.3 Å². The lowest BCUT2D eigenvalue weighted by Gasteiger charge is -2.26. The lowest BCUT2D eigenvalue weighted by atomic mass is 9.93. The van der Waals surface area contributed by atoms with Crippen molar-refractivity contribution in [2.24, 2.45) is 5.92 Å². The summed E-state index contributed by atoms with van der Waals surface area (Å²) in [5, 5.41) is 7.45. The van der Waals surface area contributed by atoms with Crippen molar-refractivity contribution in [3.05, 3.63) is 35.2 Å². The standard InChI is InChI=1S/C17H24N2S/c1-12(2)18-10-13-8-9-19(3)17(13)15-11-20-16-7-5-4-6-14(15)16/h4-7,11-13,17-18H,8-10H2,1-3H3. The second-order valence-electron chi connectivity index (χ2n) is 6.22. The van der Waals surface area contributed by atoms with Crippen molar-refractivity contribution >= 4 is 21.4 Å². The van der Waals surface area contributed by atoms with E-state index in [-0.39, 0.29) is 0 Å². The van der Waals surface area contributed by atoms with Crippen molar-refractivity contribution in [2.75, 3.05) is 20.1 Å². The van der Waals surface area contributed by atoms with E-state index in [0.29, 0.717) is 12.1 Å². The lowest BCUT2D eigenvalue weighted by Crippen LogP contribution is -2.32. The topological polar surface area (TPSA) is 15.3 Å². The molecule has 1 aromatic carbocycles. The predicted octanol–water partition coefficient (Wildman–Crippen LogP) is 3.89. The third-order valence-electron chi connectivity index (χ3n) is 4.39. The Morgan fingerprint density at radius 3 is 2.95 bits per heavy atom. The summed E-state index contributed by atoms with van der Waals surface area (Å²) in [6.45, 7) is 6.79. The number of hydrogen-bond acceptors (Lipinski definition) is 3. The second kappa shape index (κ2) is 5.84. The van der Waals surface area contributed by atoms with Crippen LogP contribution in [0.5, 0.6) is 0 Å². The van der Waals surface area contributed by atoms with Crippen molar-refractivity contribution in [1.82, 2.24) is 10.2 Å². The van der Waals surface area contributed by atoms with Crippen molar-refractivity contribution in [3.63, 3.8) is 0 Å². The molecule has 1 N–H and O–H groups in total. The third-order valence-corrected chi connectivity index (χ3v) is 5.37. The van der Waals surface area contributed by atoms with E-state index in [1.54, 1.807) is 0 Å². The Balaban J connectivity index is 1.89. The van der Waals surface area contributed by atoms with Crippen LogP contribution >= 0.6 is 11.3 Å². The molecule has 108 valence electrons. The second-order valence-corrected chi connectivity index (χ2v) is 7.14. The molecule has 3 rings (SSSR count). The highest BCUT2D eigenvalue weighted by atomic mass is 32.1. The fraction of sp³-hybridized carbons (Fsp3) is 0.529. The van der Waals surface area contributed by atoms with Crippen LogP contribution in [-0.2, 0) is 0 Å². The molecule has 1 fully saturated rings. The molecule has 1 aliphatic rings. The first-order chi connectivity index (χ1) is 9.66.